The summed E-state index contributed by atoms with van der Waals surface area (Å²) in [5, 5.41) is 40.2. The van der Waals surface area contributed by atoms with E-state index in [1.54, 1.807) is 4.72 Å². The second-order valence-electron chi connectivity index (χ2n) is 5.29. The molecule has 0 saturated carbocycles. The number of sulfonamides is 1. The SMILES string of the molecule is O=C(N[C@H]1C(O)O[C@H](CO)[C@@H](O)[C@@H]1O)NS(=O)(=O)c1ccc(F)cc1. The molecular formula is C13H17FN2O8S. The number of hydrogen-bond donors (Lipinski definition) is 6. The van der Waals surface area contributed by atoms with Gasteiger partial charge < -0.3 is 30.5 Å². The standard InChI is InChI=1S/C13H17FN2O8S/c14-6-1-3-7(4-2-6)25(22,23)16-13(21)15-9-11(19)10(18)8(5-17)24-12(9)20/h1-4,8-12,17-20H,5H2,(H2,15,16,21)/t8-,9-,10-,11-,12?/m1/s1. The van der Waals surface area contributed by atoms with Gasteiger partial charge in [-0.15, -0.1) is 0 Å². The molecule has 25 heavy (non-hydrogen) atoms. The van der Waals surface area contributed by atoms with E-state index in [0.717, 1.165) is 24.3 Å². The summed E-state index contributed by atoms with van der Waals surface area (Å²) in [7, 11) is -4.33. The lowest BCUT2D eigenvalue weighted by molar-refractivity contribution is -0.252. The van der Waals surface area contributed by atoms with E-state index in [-0.39, 0.29) is 4.90 Å². The van der Waals surface area contributed by atoms with Gasteiger partial charge in [-0.25, -0.2) is 22.3 Å². The van der Waals surface area contributed by atoms with Crippen molar-refractivity contribution in [3.05, 3.63) is 30.1 Å². The Morgan fingerprint density at radius 3 is 2.32 bits per heavy atom. The maximum absolute atomic E-state index is 12.8. The zero-order chi connectivity index (χ0) is 18.8. The third kappa shape index (κ3) is 4.42. The predicted molar refractivity (Wildman–Crippen MR) is 79.0 cm³/mol. The quantitative estimate of drug-likeness (QED) is 0.337. The van der Waals surface area contributed by atoms with Gasteiger partial charge in [0.05, 0.1) is 11.5 Å². The van der Waals surface area contributed by atoms with Crippen LogP contribution in [0.2, 0.25) is 0 Å². The number of rotatable bonds is 4. The highest BCUT2D eigenvalue weighted by Crippen LogP contribution is 2.19. The highest BCUT2D eigenvalue weighted by atomic mass is 32.2. The lowest BCUT2D eigenvalue weighted by Crippen LogP contribution is -2.65. The highest BCUT2D eigenvalue weighted by molar-refractivity contribution is 7.90. The molecule has 5 atom stereocenters. The van der Waals surface area contributed by atoms with E-state index < -0.39 is 59.1 Å². The third-order valence-corrected chi connectivity index (χ3v) is 4.90. The van der Waals surface area contributed by atoms with Gasteiger partial charge in [-0.3, -0.25) is 0 Å². The summed E-state index contributed by atoms with van der Waals surface area (Å²) in [5.41, 5.74) is 0. The van der Waals surface area contributed by atoms with Gasteiger partial charge in [0.1, 0.15) is 30.2 Å². The number of ether oxygens (including phenoxy) is 1. The maximum atomic E-state index is 12.8. The van der Waals surface area contributed by atoms with Crippen molar-refractivity contribution in [2.75, 3.05) is 6.61 Å². The van der Waals surface area contributed by atoms with Crippen LogP contribution in [-0.2, 0) is 14.8 Å². The molecule has 1 aromatic rings. The first-order valence-electron chi connectivity index (χ1n) is 7.05. The molecule has 1 fully saturated rings. The summed E-state index contributed by atoms with van der Waals surface area (Å²) in [6, 6.07) is 0.787. The Morgan fingerprint density at radius 1 is 1.16 bits per heavy atom. The average Bonchev–Trinajstić information content (AvgIpc) is 2.55. The van der Waals surface area contributed by atoms with Crippen LogP contribution in [0.15, 0.2) is 29.2 Å². The molecule has 0 aliphatic carbocycles. The number of carbonyl (C=O) groups excluding carboxylic acids is 1. The maximum Gasteiger partial charge on any atom is 0.329 e. The Kier molecular flexibility index (Phi) is 5.92. The fourth-order valence-corrected chi connectivity index (χ4v) is 3.14. The molecule has 12 heteroatoms. The minimum atomic E-state index is -4.33. The number of benzene rings is 1. The minimum absolute atomic E-state index is 0.384. The largest absolute Gasteiger partial charge is 0.394 e. The Hall–Kier alpha value is -1.83. The van der Waals surface area contributed by atoms with Crippen LogP contribution in [0.1, 0.15) is 0 Å². The number of urea groups is 1. The van der Waals surface area contributed by atoms with Gasteiger partial charge >= 0.3 is 6.03 Å². The van der Waals surface area contributed by atoms with E-state index >= 15 is 0 Å². The van der Waals surface area contributed by atoms with E-state index in [0.29, 0.717) is 0 Å². The summed E-state index contributed by atoms with van der Waals surface area (Å²) in [6.07, 6.45) is -6.41. The van der Waals surface area contributed by atoms with Crippen molar-refractivity contribution in [2.24, 2.45) is 0 Å². The monoisotopic (exact) mass is 380 g/mol. The third-order valence-electron chi connectivity index (χ3n) is 3.55. The molecule has 1 saturated heterocycles. The molecule has 1 aromatic carbocycles. The summed E-state index contributed by atoms with van der Waals surface area (Å²) in [6.45, 7) is -0.687. The van der Waals surface area contributed by atoms with Gasteiger partial charge in [-0.05, 0) is 24.3 Å². The van der Waals surface area contributed by atoms with Gasteiger partial charge in [-0.1, -0.05) is 0 Å². The van der Waals surface area contributed by atoms with Crippen molar-refractivity contribution in [3.63, 3.8) is 0 Å². The van der Waals surface area contributed by atoms with E-state index in [1.165, 1.54) is 0 Å². The molecule has 0 bridgehead atoms. The van der Waals surface area contributed by atoms with E-state index in [4.69, 9.17) is 9.84 Å². The van der Waals surface area contributed by atoms with Crippen molar-refractivity contribution in [3.8, 4) is 0 Å². The van der Waals surface area contributed by atoms with Crippen LogP contribution in [-0.4, -0.2) is 72.1 Å². The first-order valence-corrected chi connectivity index (χ1v) is 8.53. The van der Waals surface area contributed by atoms with Gasteiger partial charge in [0.15, 0.2) is 6.29 Å². The van der Waals surface area contributed by atoms with Gasteiger partial charge in [-0.2, -0.15) is 0 Å². The fourth-order valence-electron chi connectivity index (χ4n) is 2.23. The summed E-state index contributed by atoms with van der Waals surface area (Å²) < 4.78 is 43.2. The molecule has 1 unspecified atom stereocenters. The summed E-state index contributed by atoms with van der Waals surface area (Å²) in [4.78, 5) is 11.4. The first-order chi connectivity index (χ1) is 11.7. The van der Waals surface area contributed by atoms with E-state index in [9.17, 15) is 32.9 Å². The summed E-state index contributed by atoms with van der Waals surface area (Å²) >= 11 is 0. The zero-order valence-electron chi connectivity index (χ0n) is 12.6. The molecule has 10 nitrogen and oxygen atoms in total. The van der Waals surface area contributed by atoms with Crippen molar-refractivity contribution >= 4 is 16.1 Å². The number of aliphatic hydroxyl groups excluding tert-OH is 4. The molecular weight excluding hydrogens is 363 g/mol. The molecule has 1 aliphatic rings. The molecule has 0 radical (unpaired) electrons. The van der Waals surface area contributed by atoms with Crippen LogP contribution in [0.5, 0.6) is 0 Å². The van der Waals surface area contributed by atoms with Gasteiger partial charge in [0.25, 0.3) is 10.0 Å². The highest BCUT2D eigenvalue weighted by Gasteiger charge is 2.44. The molecule has 2 amide bonds. The van der Waals surface area contributed by atoms with Crippen LogP contribution in [0.25, 0.3) is 0 Å². The zero-order valence-corrected chi connectivity index (χ0v) is 13.4. The number of amides is 2. The van der Waals surface area contributed by atoms with Gasteiger partial charge in [0, 0.05) is 0 Å². The molecule has 0 spiro atoms. The number of hydrogen-bond acceptors (Lipinski definition) is 8. The average molecular weight is 380 g/mol. The van der Waals surface area contributed by atoms with Crippen LogP contribution < -0.4 is 10.0 Å². The normalized spacial score (nSPS) is 29.9. The Morgan fingerprint density at radius 2 is 1.76 bits per heavy atom. The molecule has 6 N–H and O–H groups in total. The number of halogens is 1. The van der Waals surface area contributed by atoms with Crippen molar-refractivity contribution in [1.29, 1.82) is 0 Å². The molecule has 0 aromatic heterocycles. The van der Waals surface area contributed by atoms with Crippen LogP contribution in [0.3, 0.4) is 0 Å². The molecule has 1 aliphatic heterocycles. The lowest BCUT2D eigenvalue weighted by Gasteiger charge is -2.40. The lowest BCUT2D eigenvalue weighted by atomic mass is 9.97. The Bertz CT molecular complexity index is 713. The minimum Gasteiger partial charge on any atom is -0.394 e. The molecule has 1 heterocycles. The topological polar surface area (TPSA) is 165 Å². The first kappa shape index (κ1) is 19.5. The molecule has 2 rings (SSSR count). The smallest absolute Gasteiger partial charge is 0.329 e. The van der Waals surface area contributed by atoms with E-state index in [2.05, 4.69) is 0 Å². The molecule has 140 valence electrons. The van der Waals surface area contributed by atoms with Crippen LogP contribution >= 0.6 is 0 Å². The van der Waals surface area contributed by atoms with Crippen molar-refractivity contribution in [1.82, 2.24) is 10.0 Å². The van der Waals surface area contributed by atoms with Crippen LogP contribution in [0.4, 0.5) is 9.18 Å². The van der Waals surface area contributed by atoms with Gasteiger partial charge in [0.2, 0.25) is 0 Å². The predicted octanol–water partition coefficient (Wildman–Crippen LogP) is -2.39. The Labute approximate surface area is 141 Å². The number of carbonyl (C=O) groups is 1. The second-order valence-corrected chi connectivity index (χ2v) is 6.97. The fraction of sp³-hybridized carbons (Fsp3) is 0.462. The van der Waals surface area contributed by atoms with Crippen molar-refractivity contribution in [2.45, 2.75) is 35.5 Å². The van der Waals surface area contributed by atoms with Crippen LogP contribution in [0, 0.1) is 5.82 Å². The number of nitrogens with one attached hydrogen (secondary N) is 2. The Balaban J connectivity index is 2.05. The summed E-state index contributed by atoms with van der Waals surface area (Å²) in [5.74, 6) is -0.665. The van der Waals surface area contributed by atoms with E-state index in [1.807, 2.05) is 5.32 Å². The van der Waals surface area contributed by atoms with Crippen molar-refractivity contribution < 1.29 is 42.8 Å². The number of aliphatic hydroxyl groups is 4. The second kappa shape index (κ2) is 7.59.